The molecular formula is C15H12BrFO3. The van der Waals surface area contributed by atoms with E-state index in [2.05, 4.69) is 15.9 Å². The molecule has 2 atom stereocenters. The van der Waals surface area contributed by atoms with Gasteiger partial charge in [-0.25, -0.2) is 4.39 Å². The maximum absolute atomic E-state index is 13.4. The monoisotopic (exact) mass is 338 g/mol. The second-order valence-corrected chi connectivity index (χ2v) is 5.67. The van der Waals surface area contributed by atoms with Gasteiger partial charge in [-0.1, -0.05) is 28.1 Å². The summed E-state index contributed by atoms with van der Waals surface area (Å²) in [6.45, 7) is 0. The molecule has 5 heteroatoms. The first-order valence-corrected chi connectivity index (χ1v) is 6.96. The van der Waals surface area contributed by atoms with Crippen LogP contribution < -0.4 is 4.74 Å². The number of aromatic hydroxyl groups is 1. The molecule has 0 spiro atoms. The van der Waals surface area contributed by atoms with Crippen molar-refractivity contribution in [2.75, 3.05) is 0 Å². The number of phenolic OH excluding ortho intramolecular Hbond substituents is 1. The Morgan fingerprint density at radius 3 is 2.75 bits per heavy atom. The van der Waals surface area contributed by atoms with Gasteiger partial charge in [0.25, 0.3) is 0 Å². The summed E-state index contributed by atoms with van der Waals surface area (Å²) in [4.78, 5) is 0. The molecule has 0 fully saturated rings. The first-order valence-electron chi connectivity index (χ1n) is 6.17. The molecule has 2 aromatic rings. The second kappa shape index (κ2) is 5.07. The third-order valence-corrected chi connectivity index (χ3v) is 3.88. The molecule has 1 unspecified atom stereocenters. The van der Waals surface area contributed by atoms with Crippen LogP contribution in [0.3, 0.4) is 0 Å². The molecule has 0 saturated heterocycles. The molecule has 0 amide bonds. The van der Waals surface area contributed by atoms with Crippen molar-refractivity contribution in [3.05, 3.63) is 57.8 Å². The van der Waals surface area contributed by atoms with E-state index in [-0.39, 0.29) is 0 Å². The van der Waals surface area contributed by atoms with E-state index in [9.17, 15) is 14.6 Å². The molecule has 0 aromatic heterocycles. The summed E-state index contributed by atoms with van der Waals surface area (Å²) in [6.07, 6.45) is -0.755. The van der Waals surface area contributed by atoms with Gasteiger partial charge in [0.2, 0.25) is 0 Å². The van der Waals surface area contributed by atoms with Crippen molar-refractivity contribution in [2.45, 2.75) is 18.6 Å². The molecule has 1 aliphatic heterocycles. The minimum Gasteiger partial charge on any atom is -0.505 e. The van der Waals surface area contributed by atoms with Crippen molar-refractivity contribution in [1.29, 1.82) is 0 Å². The molecule has 0 radical (unpaired) electrons. The number of hydrogen-bond donors (Lipinski definition) is 2. The molecule has 2 aromatic carbocycles. The molecule has 104 valence electrons. The zero-order valence-corrected chi connectivity index (χ0v) is 12.0. The maximum Gasteiger partial charge on any atom is 0.165 e. The Hall–Kier alpha value is -1.59. The van der Waals surface area contributed by atoms with E-state index >= 15 is 0 Å². The van der Waals surface area contributed by atoms with Gasteiger partial charge in [0.15, 0.2) is 11.6 Å². The van der Waals surface area contributed by atoms with Crippen LogP contribution in [0.15, 0.2) is 40.9 Å². The number of halogens is 2. The molecule has 20 heavy (non-hydrogen) atoms. The number of hydrogen-bond acceptors (Lipinski definition) is 3. The highest BCUT2D eigenvalue weighted by Gasteiger charge is 2.28. The predicted octanol–water partition coefficient (Wildman–Crippen LogP) is 3.85. The first-order chi connectivity index (χ1) is 9.54. The van der Waals surface area contributed by atoms with Crippen LogP contribution in [0.1, 0.15) is 29.8 Å². The van der Waals surface area contributed by atoms with Crippen LogP contribution in [0.4, 0.5) is 4.39 Å². The van der Waals surface area contributed by atoms with Gasteiger partial charge in [-0.2, -0.15) is 0 Å². The molecule has 0 aliphatic carbocycles. The van der Waals surface area contributed by atoms with Crippen molar-refractivity contribution in [3.63, 3.8) is 0 Å². The largest absolute Gasteiger partial charge is 0.505 e. The summed E-state index contributed by atoms with van der Waals surface area (Å²) in [5, 5.41) is 19.4. The lowest BCUT2D eigenvalue weighted by atomic mass is 9.95. The third-order valence-electron chi connectivity index (χ3n) is 3.38. The molecule has 0 saturated carbocycles. The lowest BCUT2D eigenvalue weighted by Gasteiger charge is -2.30. The van der Waals surface area contributed by atoms with Crippen molar-refractivity contribution >= 4 is 15.9 Å². The zero-order chi connectivity index (χ0) is 14.3. The molecular weight excluding hydrogens is 327 g/mol. The number of benzene rings is 2. The van der Waals surface area contributed by atoms with Gasteiger partial charge in [0.1, 0.15) is 11.9 Å². The fourth-order valence-electron chi connectivity index (χ4n) is 2.34. The first kappa shape index (κ1) is 13.4. The fourth-order valence-corrected chi connectivity index (χ4v) is 2.68. The van der Waals surface area contributed by atoms with Crippen molar-refractivity contribution in [2.24, 2.45) is 0 Å². The van der Waals surface area contributed by atoms with Crippen LogP contribution in [-0.4, -0.2) is 10.2 Å². The zero-order valence-electron chi connectivity index (χ0n) is 10.4. The number of ether oxygens (including phenoxy) is 1. The molecule has 1 aliphatic rings. The van der Waals surface area contributed by atoms with Gasteiger partial charge in [0, 0.05) is 16.5 Å². The maximum atomic E-state index is 13.4. The summed E-state index contributed by atoms with van der Waals surface area (Å²) >= 11 is 3.35. The van der Waals surface area contributed by atoms with Crippen LogP contribution in [-0.2, 0) is 0 Å². The van der Waals surface area contributed by atoms with E-state index < -0.39 is 23.8 Å². The van der Waals surface area contributed by atoms with E-state index in [1.165, 1.54) is 12.1 Å². The van der Waals surface area contributed by atoms with Gasteiger partial charge in [-0.05, 0) is 29.8 Å². The number of aliphatic hydroxyl groups is 1. The van der Waals surface area contributed by atoms with Crippen molar-refractivity contribution in [1.82, 2.24) is 0 Å². The molecule has 3 rings (SSSR count). The normalized spacial score (nSPS) is 21.1. The van der Waals surface area contributed by atoms with Crippen LogP contribution in [0.25, 0.3) is 0 Å². The molecule has 3 nitrogen and oxygen atoms in total. The standard InChI is InChI=1S/C15H12BrFO3/c16-9-2-3-10-13(19)7-14(20-15(10)6-9)8-1-4-12(18)11(17)5-8/h1-6,13-14,18-19H,7H2/t13-,14?/m1/s1. The minimum absolute atomic E-state index is 0.346. The summed E-state index contributed by atoms with van der Waals surface area (Å²) in [5.74, 6) is -0.509. The van der Waals surface area contributed by atoms with Gasteiger partial charge < -0.3 is 14.9 Å². The van der Waals surface area contributed by atoms with E-state index in [0.29, 0.717) is 17.7 Å². The molecule has 2 N–H and O–H groups in total. The van der Waals surface area contributed by atoms with Crippen LogP contribution >= 0.6 is 15.9 Å². The van der Waals surface area contributed by atoms with Crippen LogP contribution in [0.5, 0.6) is 11.5 Å². The van der Waals surface area contributed by atoms with Gasteiger partial charge in [0.05, 0.1) is 6.10 Å². The van der Waals surface area contributed by atoms with E-state index in [1.807, 2.05) is 6.07 Å². The number of fused-ring (bicyclic) bond motifs is 1. The summed E-state index contributed by atoms with van der Waals surface area (Å²) in [6, 6.07) is 9.54. The number of aliphatic hydroxyl groups excluding tert-OH is 1. The Kier molecular flexibility index (Phi) is 3.40. The minimum atomic E-state index is -0.694. The van der Waals surface area contributed by atoms with Gasteiger partial charge in [-0.3, -0.25) is 0 Å². The van der Waals surface area contributed by atoms with Gasteiger partial charge in [-0.15, -0.1) is 0 Å². The Morgan fingerprint density at radius 2 is 2.00 bits per heavy atom. The van der Waals surface area contributed by atoms with E-state index in [0.717, 1.165) is 10.0 Å². The fraction of sp³-hybridized carbons (Fsp3) is 0.200. The highest BCUT2D eigenvalue weighted by molar-refractivity contribution is 9.10. The van der Waals surface area contributed by atoms with E-state index in [4.69, 9.17) is 4.74 Å². The quantitative estimate of drug-likeness (QED) is 0.830. The Bertz CT molecular complexity index is 660. The third kappa shape index (κ3) is 2.39. The van der Waals surface area contributed by atoms with Crippen LogP contribution in [0, 0.1) is 5.82 Å². The Labute approximate surface area is 123 Å². The second-order valence-electron chi connectivity index (χ2n) is 4.75. The Morgan fingerprint density at radius 1 is 1.20 bits per heavy atom. The average Bonchev–Trinajstić information content (AvgIpc) is 2.41. The van der Waals surface area contributed by atoms with Crippen LogP contribution in [0.2, 0.25) is 0 Å². The highest BCUT2D eigenvalue weighted by atomic mass is 79.9. The smallest absolute Gasteiger partial charge is 0.165 e. The lowest BCUT2D eigenvalue weighted by molar-refractivity contribution is 0.0655. The van der Waals surface area contributed by atoms with E-state index in [1.54, 1.807) is 18.2 Å². The number of phenols is 1. The average molecular weight is 339 g/mol. The molecule has 1 heterocycles. The van der Waals surface area contributed by atoms with Crippen molar-refractivity contribution in [3.8, 4) is 11.5 Å². The van der Waals surface area contributed by atoms with Gasteiger partial charge >= 0.3 is 0 Å². The predicted molar refractivity (Wildman–Crippen MR) is 75.2 cm³/mol. The summed E-state index contributed by atoms with van der Waals surface area (Å²) in [7, 11) is 0. The summed E-state index contributed by atoms with van der Waals surface area (Å²) < 4.78 is 20.1. The Balaban J connectivity index is 1.96. The lowest BCUT2D eigenvalue weighted by Crippen LogP contribution is -2.19. The summed E-state index contributed by atoms with van der Waals surface area (Å²) in [5.41, 5.74) is 1.31. The topological polar surface area (TPSA) is 49.7 Å². The SMILES string of the molecule is Oc1ccc(C2C[C@@H](O)c3ccc(Br)cc3O2)cc1F. The highest BCUT2D eigenvalue weighted by Crippen LogP contribution is 2.42. The van der Waals surface area contributed by atoms with Crippen molar-refractivity contribution < 1.29 is 19.3 Å². The number of rotatable bonds is 1. The molecule has 0 bridgehead atoms.